The Bertz CT molecular complexity index is 1160. The van der Waals surface area contributed by atoms with Crippen molar-refractivity contribution >= 4 is 28.4 Å². The summed E-state index contributed by atoms with van der Waals surface area (Å²) >= 11 is 1.44. The second-order valence-corrected chi connectivity index (χ2v) is 6.92. The van der Waals surface area contributed by atoms with Crippen LogP contribution in [0.25, 0.3) is 27.6 Å². The molecule has 2 aromatic heterocycles. The van der Waals surface area contributed by atoms with Gasteiger partial charge >= 0.3 is 5.63 Å². The summed E-state index contributed by atoms with van der Waals surface area (Å²) in [5.41, 5.74) is 2.61. The summed E-state index contributed by atoms with van der Waals surface area (Å²) in [6.07, 6.45) is 3.95. The molecular formula is C22H17NO3S. The third-order valence-electron chi connectivity index (χ3n) is 4.01. The smallest absolute Gasteiger partial charge is 0.346 e. The van der Waals surface area contributed by atoms with Gasteiger partial charge in [0.1, 0.15) is 22.9 Å². The molecule has 0 N–H and O–H groups in total. The lowest BCUT2D eigenvalue weighted by atomic mass is 10.2. The van der Waals surface area contributed by atoms with Crippen molar-refractivity contribution < 1.29 is 9.15 Å². The molecule has 0 amide bonds. The summed E-state index contributed by atoms with van der Waals surface area (Å²) < 4.78 is 11.2. The Hall–Kier alpha value is -3.18. The van der Waals surface area contributed by atoms with Gasteiger partial charge in [-0.2, -0.15) is 0 Å². The highest BCUT2D eigenvalue weighted by Crippen LogP contribution is 2.26. The first-order chi connectivity index (χ1) is 13.2. The third-order valence-corrected chi connectivity index (χ3v) is 5.01. The monoisotopic (exact) mass is 375 g/mol. The van der Waals surface area contributed by atoms with E-state index in [4.69, 9.17) is 9.15 Å². The van der Waals surface area contributed by atoms with E-state index in [9.17, 15) is 4.79 Å². The molecule has 0 bridgehead atoms. The van der Waals surface area contributed by atoms with Crippen LogP contribution in [0.1, 0.15) is 11.3 Å². The van der Waals surface area contributed by atoms with Gasteiger partial charge in [0.15, 0.2) is 0 Å². The van der Waals surface area contributed by atoms with Gasteiger partial charge in [0.25, 0.3) is 0 Å². The van der Waals surface area contributed by atoms with Crippen LogP contribution in [0, 0.1) is 6.92 Å². The van der Waals surface area contributed by atoms with Gasteiger partial charge < -0.3 is 9.15 Å². The number of aromatic nitrogens is 1. The fourth-order valence-corrected chi connectivity index (χ4v) is 3.50. The van der Waals surface area contributed by atoms with Crippen LogP contribution < -0.4 is 10.4 Å². The molecule has 0 aliphatic rings. The Morgan fingerprint density at radius 2 is 2.00 bits per heavy atom. The molecular weight excluding hydrogens is 358 g/mol. The minimum absolute atomic E-state index is 0.391. The van der Waals surface area contributed by atoms with Gasteiger partial charge in [-0.05, 0) is 36.8 Å². The first kappa shape index (κ1) is 17.2. The highest BCUT2D eigenvalue weighted by Gasteiger charge is 2.11. The SMILES string of the molecule is Cc1csc(-c2cc3ccc(OCC=Cc4ccccc4)cc3oc2=O)n1. The lowest BCUT2D eigenvalue weighted by molar-refractivity contribution is 0.363. The van der Waals surface area contributed by atoms with E-state index in [2.05, 4.69) is 4.98 Å². The van der Waals surface area contributed by atoms with Crippen LogP contribution in [-0.2, 0) is 0 Å². The van der Waals surface area contributed by atoms with Gasteiger partial charge in [0, 0.05) is 22.5 Å². The average molecular weight is 375 g/mol. The molecule has 0 spiro atoms. The number of hydrogen-bond acceptors (Lipinski definition) is 5. The fraction of sp³-hybridized carbons (Fsp3) is 0.0909. The number of fused-ring (bicyclic) bond motifs is 1. The van der Waals surface area contributed by atoms with E-state index in [1.54, 1.807) is 6.07 Å². The Balaban J connectivity index is 1.52. The molecule has 0 aliphatic carbocycles. The predicted octanol–water partition coefficient (Wildman–Crippen LogP) is 5.32. The normalized spacial score (nSPS) is 11.3. The van der Waals surface area contributed by atoms with Crippen LogP contribution in [0.4, 0.5) is 0 Å². The zero-order valence-electron chi connectivity index (χ0n) is 14.7. The van der Waals surface area contributed by atoms with Crippen LogP contribution in [0.3, 0.4) is 0 Å². The van der Waals surface area contributed by atoms with Crippen LogP contribution in [-0.4, -0.2) is 11.6 Å². The molecule has 5 heteroatoms. The lowest BCUT2D eigenvalue weighted by Crippen LogP contribution is -2.02. The van der Waals surface area contributed by atoms with Crippen molar-refractivity contribution in [2.24, 2.45) is 0 Å². The van der Waals surface area contributed by atoms with Crippen LogP contribution >= 0.6 is 11.3 Å². The molecule has 27 heavy (non-hydrogen) atoms. The summed E-state index contributed by atoms with van der Waals surface area (Å²) in [6.45, 7) is 2.33. The molecule has 4 rings (SSSR count). The molecule has 0 atom stereocenters. The number of aryl methyl sites for hydroxylation is 1. The number of ether oxygens (including phenoxy) is 1. The summed E-state index contributed by atoms with van der Waals surface area (Å²) in [5.74, 6) is 0.654. The number of benzene rings is 2. The Morgan fingerprint density at radius 3 is 2.78 bits per heavy atom. The standard InChI is InChI=1S/C22H17NO3S/c1-15-14-27-21(23-15)19-12-17-9-10-18(13-20(17)26-22(19)24)25-11-5-8-16-6-3-2-4-7-16/h2-10,12-14H,11H2,1H3. The number of hydrogen-bond donors (Lipinski definition) is 0. The first-order valence-electron chi connectivity index (χ1n) is 8.54. The maximum absolute atomic E-state index is 12.3. The molecule has 2 heterocycles. The molecule has 0 radical (unpaired) electrons. The van der Waals surface area contributed by atoms with Crippen molar-refractivity contribution in [1.29, 1.82) is 0 Å². The highest BCUT2D eigenvalue weighted by molar-refractivity contribution is 7.13. The van der Waals surface area contributed by atoms with Gasteiger partial charge in [0.05, 0.1) is 5.56 Å². The summed E-state index contributed by atoms with van der Waals surface area (Å²) in [5, 5.41) is 3.43. The van der Waals surface area contributed by atoms with Crippen molar-refractivity contribution in [1.82, 2.24) is 4.98 Å². The van der Waals surface area contributed by atoms with Crippen molar-refractivity contribution in [3.63, 3.8) is 0 Å². The molecule has 0 saturated carbocycles. The molecule has 4 aromatic rings. The number of rotatable bonds is 5. The predicted molar refractivity (Wildman–Crippen MR) is 109 cm³/mol. The summed E-state index contributed by atoms with van der Waals surface area (Å²) in [4.78, 5) is 16.7. The molecule has 0 saturated heterocycles. The highest BCUT2D eigenvalue weighted by atomic mass is 32.1. The zero-order chi connectivity index (χ0) is 18.6. The van der Waals surface area contributed by atoms with Gasteiger partial charge in [0.2, 0.25) is 0 Å². The van der Waals surface area contributed by atoms with E-state index in [0.717, 1.165) is 16.6 Å². The van der Waals surface area contributed by atoms with E-state index in [1.807, 2.05) is 73.0 Å². The second-order valence-electron chi connectivity index (χ2n) is 6.07. The van der Waals surface area contributed by atoms with E-state index in [1.165, 1.54) is 11.3 Å². The summed E-state index contributed by atoms with van der Waals surface area (Å²) in [7, 11) is 0. The molecule has 0 fully saturated rings. The molecule has 0 unspecified atom stereocenters. The maximum Gasteiger partial charge on any atom is 0.346 e. The van der Waals surface area contributed by atoms with Crippen molar-refractivity contribution in [2.75, 3.05) is 6.61 Å². The van der Waals surface area contributed by atoms with Gasteiger partial charge in [-0.15, -0.1) is 11.3 Å². The van der Waals surface area contributed by atoms with Crippen molar-refractivity contribution in [3.8, 4) is 16.3 Å². The van der Waals surface area contributed by atoms with Crippen molar-refractivity contribution in [2.45, 2.75) is 6.92 Å². The molecule has 2 aromatic carbocycles. The van der Waals surface area contributed by atoms with Crippen LogP contribution in [0.5, 0.6) is 5.75 Å². The maximum atomic E-state index is 12.3. The minimum atomic E-state index is -0.391. The Morgan fingerprint density at radius 1 is 1.15 bits per heavy atom. The topological polar surface area (TPSA) is 52.3 Å². The molecule has 0 aliphatic heterocycles. The zero-order valence-corrected chi connectivity index (χ0v) is 15.5. The van der Waals surface area contributed by atoms with E-state index < -0.39 is 5.63 Å². The van der Waals surface area contributed by atoms with E-state index >= 15 is 0 Å². The minimum Gasteiger partial charge on any atom is -0.489 e. The second kappa shape index (κ2) is 7.60. The lowest BCUT2D eigenvalue weighted by Gasteiger charge is -2.05. The third kappa shape index (κ3) is 3.99. The first-order valence-corrected chi connectivity index (χ1v) is 9.42. The number of thiazole rings is 1. The summed E-state index contributed by atoms with van der Waals surface area (Å²) in [6, 6.07) is 17.3. The molecule has 4 nitrogen and oxygen atoms in total. The van der Waals surface area contributed by atoms with Gasteiger partial charge in [-0.3, -0.25) is 0 Å². The van der Waals surface area contributed by atoms with Crippen LogP contribution in [0.15, 0.2) is 75.3 Å². The molecule has 134 valence electrons. The average Bonchev–Trinajstić information content (AvgIpc) is 3.11. The van der Waals surface area contributed by atoms with E-state index in [-0.39, 0.29) is 0 Å². The Labute approximate surface area is 160 Å². The van der Waals surface area contributed by atoms with Crippen LogP contribution in [0.2, 0.25) is 0 Å². The quantitative estimate of drug-likeness (QED) is 0.443. The van der Waals surface area contributed by atoms with Gasteiger partial charge in [-0.1, -0.05) is 36.4 Å². The fourth-order valence-electron chi connectivity index (χ4n) is 2.70. The van der Waals surface area contributed by atoms with Gasteiger partial charge in [-0.25, -0.2) is 9.78 Å². The van der Waals surface area contributed by atoms with Crippen molar-refractivity contribution in [3.05, 3.63) is 87.7 Å². The van der Waals surface area contributed by atoms with E-state index in [0.29, 0.717) is 28.5 Å². The largest absolute Gasteiger partial charge is 0.489 e. The Kier molecular flexibility index (Phi) is 4.85. The number of nitrogens with zero attached hydrogens (tertiary/aromatic N) is 1.